The van der Waals surface area contributed by atoms with Crippen molar-refractivity contribution in [3.63, 3.8) is 0 Å². The van der Waals surface area contributed by atoms with Gasteiger partial charge in [-0.2, -0.15) is 0 Å². The quantitative estimate of drug-likeness (QED) is 0.843. The lowest BCUT2D eigenvalue weighted by Crippen LogP contribution is -2.10. The van der Waals surface area contributed by atoms with E-state index in [1.807, 2.05) is 12.1 Å². The Bertz CT molecular complexity index is 441. The number of rotatable bonds is 3. The van der Waals surface area contributed by atoms with Crippen molar-refractivity contribution in [2.24, 2.45) is 5.73 Å². The van der Waals surface area contributed by atoms with Crippen molar-refractivity contribution in [3.8, 4) is 5.88 Å². The molecule has 0 unspecified atom stereocenters. The smallest absolute Gasteiger partial charge is 0.262 e. The van der Waals surface area contributed by atoms with Crippen LogP contribution < -0.4 is 10.5 Å². The Morgan fingerprint density at radius 1 is 1.50 bits per heavy atom. The summed E-state index contributed by atoms with van der Waals surface area (Å²) >= 11 is 5.89. The van der Waals surface area contributed by atoms with Crippen LogP contribution in [-0.2, 0) is 0 Å². The van der Waals surface area contributed by atoms with Crippen LogP contribution in [0.4, 0.5) is 0 Å². The molecule has 14 heavy (non-hydrogen) atoms. The van der Waals surface area contributed by atoms with Gasteiger partial charge >= 0.3 is 0 Å². The van der Waals surface area contributed by atoms with Gasteiger partial charge in [0.15, 0.2) is 5.58 Å². The summed E-state index contributed by atoms with van der Waals surface area (Å²) < 4.78 is 10.3. The molecule has 0 aliphatic rings. The first-order valence-corrected chi connectivity index (χ1v) is 4.57. The van der Waals surface area contributed by atoms with Crippen molar-refractivity contribution in [2.45, 2.75) is 0 Å². The molecule has 0 saturated heterocycles. The number of hydrogen-bond donors (Lipinski definition) is 1. The lowest BCUT2D eigenvalue weighted by Gasteiger charge is -1.98. The van der Waals surface area contributed by atoms with E-state index in [9.17, 15) is 0 Å². The zero-order valence-corrected chi connectivity index (χ0v) is 8.12. The SMILES string of the molecule is NCCOc1noc2c(Cl)cccc12. The van der Waals surface area contributed by atoms with Gasteiger partial charge in [-0.1, -0.05) is 17.7 Å². The number of aromatic nitrogens is 1. The molecule has 0 fully saturated rings. The van der Waals surface area contributed by atoms with Gasteiger partial charge in [-0.3, -0.25) is 0 Å². The molecule has 0 bridgehead atoms. The Balaban J connectivity index is 2.42. The molecule has 5 heteroatoms. The van der Waals surface area contributed by atoms with Crippen LogP contribution in [0, 0.1) is 0 Å². The van der Waals surface area contributed by atoms with Gasteiger partial charge in [0.1, 0.15) is 6.61 Å². The van der Waals surface area contributed by atoms with Crippen LogP contribution in [0.1, 0.15) is 0 Å². The zero-order chi connectivity index (χ0) is 9.97. The van der Waals surface area contributed by atoms with Gasteiger partial charge in [-0.25, -0.2) is 0 Å². The number of hydrogen-bond acceptors (Lipinski definition) is 4. The van der Waals surface area contributed by atoms with Gasteiger partial charge in [0.25, 0.3) is 5.88 Å². The minimum Gasteiger partial charge on any atom is -0.474 e. The van der Waals surface area contributed by atoms with Gasteiger partial charge in [0.05, 0.1) is 10.4 Å². The Kier molecular flexibility index (Phi) is 2.56. The third kappa shape index (κ3) is 1.54. The predicted octanol–water partition coefficient (Wildman–Crippen LogP) is 1.82. The molecule has 1 aromatic heterocycles. The maximum Gasteiger partial charge on any atom is 0.262 e. The summed E-state index contributed by atoms with van der Waals surface area (Å²) in [5, 5.41) is 5.05. The summed E-state index contributed by atoms with van der Waals surface area (Å²) in [5.74, 6) is 0.438. The van der Waals surface area contributed by atoms with Gasteiger partial charge < -0.3 is 15.0 Å². The summed E-state index contributed by atoms with van der Waals surface area (Å²) in [6.07, 6.45) is 0. The van der Waals surface area contributed by atoms with Crippen molar-refractivity contribution in [1.29, 1.82) is 0 Å². The second-order valence-electron chi connectivity index (χ2n) is 2.74. The molecule has 0 atom stereocenters. The molecule has 2 N–H and O–H groups in total. The highest BCUT2D eigenvalue weighted by molar-refractivity contribution is 6.34. The van der Waals surface area contributed by atoms with E-state index in [0.29, 0.717) is 29.6 Å². The first-order valence-electron chi connectivity index (χ1n) is 4.19. The number of ether oxygens (including phenoxy) is 1. The lowest BCUT2D eigenvalue weighted by atomic mass is 10.2. The molecule has 2 rings (SSSR count). The number of fused-ring (bicyclic) bond motifs is 1. The Labute approximate surface area is 85.6 Å². The molecule has 0 aliphatic heterocycles. The van der Waals surface area contributed by atoms with E-state index in [1.165, 1.54) is 0 Å². The predicted molar refractivity (Wildman–Crippen MR) is 53.6 cm³/mol. The van der Waals surface area contributed by atoms with Crippen molar-refractivity contribution >= 4 is 22.6 Å². The number of nitrogens with zero attached hydrogens (tertiary/aromatic N) is 1. The van der Waals surface area contributed by atoms with Crippen molar-refractivity contribution in [3.05, 3.63) is 23.2 Å². The minimum atomic E-state index is 0.411. The zero-order valence-electron chi connectivity index (χ0n) is 7.37. The fourth-order valence-electron chi connectivity index (χ4n) is 1.17. The normalized spacial score (nSPS) is 10.7. The average molecular weight is 213 g/mol. The highest BCUT2D eigenvalue weighted by Gasteiger charge is 2.10. The topological polar surface area (TPSA) is 61.3 Å². The molecule has 2 aromatic rings. The van der Waals surface area contributed by atoms with Gasteiger partial charge in [0, 0.05) is 6.54 Å². The first kappa shape index (κ1) is 9.30. The molecule has 1 heterocycles. The molecule has 1 aromatic carbocycles. The standard InChI is InChI=1S/C9H9ClN2O2/c10-7-3-1-2-6-8(7)14-12-9(6)13-5-4-11/h1-3H,4-5,11H2. The summed E-state index contributed by atoms with van der Waals surface area (Å²) in [7, 11) is 0. The summed E-state index contributed by atoms with van der Waals surface area (Å²) in [5.41, 5.74) is 5.85. The third-order valence-electron chi connectivity index (χ3n) is 1.77. The van der Waals surface area contributed by atoms with E-state index in [4.69, 9.17) is 26.6 Å². The molecule has 0 saturated carbocycles. The first-order chi connectivity index (χ1) is 6.83. The van der Waals surface area contributed by atoms with E-state index in [-0.39, 0.29) is 0 Å². The van der Waals surface area contributed by atoms with E-state index in [2.05, 4.69) is 5.16 Å². The van der Waals surface area contributed by atoms with Crippen LogP contribution in [0.25, 0.3) is 11.0 Å². The number of para-hydroxylation sites is 1. The van der Waals surface area contributed by atoms with Crippen LogP contribution in [0.15, 0.2) is 22.7 Å². The molecule has 0 aliphatic carbocycles. The van der Waals surface area contributed by atoms with Crippen LogP contribution in [0.5, 0.6) is 5.88 Å². The number of benzene rings is 1. The fourth-order valence-corrected chi connectivity index (χ4v) is 1.38. The third-order valence-corrected chi connectivity index (χ3v) is 2.07. The van der Waals surface area contributed by atoms with Crippen LogP contribution >= 0.6 is 11.6 Å². The fraction of sp³-hybridized carbons (Fsp3) is 0.222. The molecule has 4 nitrogen and oxygen atoms in total. The van der Waals surface area contributed by atoms with Crippen LogP contribution in [-0.4, -0.2) is 18.3 Å². The van der Waals surface area contributed by atoms with E-state index in [0.717, 1.165) is 5.39 Å². The molecule has 0 spiro atoms. The van der Waals surface area contributed by atoms with E-state index >= 15 is 0 Å². The average Bonchev–Trinajstić information content (AvgIpc) is 2.60. The van der Waals surface area contributed by atoms with Crippen molar-refractivity contribution in [1.82, 2.24) is 5.16 Å². The maximum atomic E-state index is 5.89. The van der Waals surface area contributed by atoms with Crippen LogP contribution in [0.3, 0.4) is 0 Å². The largest absolute Gasteiger partial charge is 0.474 e. The van der Waals surface area contributed by atoms with E-state index < -0.39 is 0 Å². The maximum absolute atomic E-state index is 5.89. The minimum absolute atomic E-state index is 0.411. The second kappa shape index (κ2) is 3.86. The Morgan fingerprint density at radius 2 is 2.36 bits per heavy atom. The monoisotopic (exact) mass is 212 g/mol. The van der Waals surface area contributed by atoms with Crippen molar-refractivity contribution in [2.75, 3.05) is 13.2 Å². The lowest BCUT2D eigenvalue weighted by molar-refractivity contribution is 0.293. The highest BCUT2D eigenvalue weighted by Crippen LogP contribution is 2.29. The Hall–Kier alpha value is -1.26. The number of halogens is 1. The highest BCUT2D eigenvalue weighted by atomic mass is 35.5. The van der Waals surface area contributed by atoms with E-state index in [1.54, 1.807) is 6.07 Å². The molecular formula is C9H9ClN2O2. The molecular weight excluding hydrogens is 204 g/mol. The van der Waals surface area contributed by atoms with Crippen molar-refractivity contribution < 1.29 is 9.26 Å². The van der Waals surface area contributed by atoms with Gasteiger partial charge in [-0.15, -0.1) is 0 Å². The summed E-state index contributed by atoms with van der Waals surface area (Å²) in [6.45, 7) is 0.850. The van der Waals surface area contributed by atoms with Crippen LogP contribution in [0.2, 0.25) is 5.02 Å². The van der Waals surface area contributed by atoms with Gasteiger partial charge in [-0.05, 0) is 17.3 Å². The molecule has 0 radical (unpaired) electrons. The Morgan fingerprint density at radius 3 is 3.14 bits per heavy atom. The summed E-state index contributed by atoms with van der Waals surface area (Å²) in [4.78, 5) is 0. The summed E-state index contributed by atoms with van der Waals surface area (Å²) in [6, 6.07) is 5.39. The number of nitrogens with two attached hydrogens (primary N) is 1. The second-order valence-corrected chi connectivity index (χ2v) is 3.15. The molecule has 0 amide bonds. The van der Waals surface area contributed by atoms with Gasteiger partial charge in [0.2, 0.25) is 0 Å². The molecule has 74 valence electrons.